The van der Waals surface area contributed by atoms with Gasteiger partial charge >= 0.3 is 0 Å². The fraction of sp³-hybridized carbons (Fsp3) is 0.600. The van der Waals surface area contributed by atoms with Crippen LogP contribution >= 0.6 is 15.9 Å². The molecule has 0 radical (unpaired) electrons. The second-order valence-corrected chi connectivity index (χ2v) is 4.90. The van der Waals surface area contributed by atoms with Crippen LogP contribution < -0.4 is 5.73 Å². The van der Waals surface area contributed by atoms with E-state index < -0.39 is 5.54 Å². The topological polar surface area (TPSA) is 70.1 Å². The number of aromatic nitrogens is 2. The highest BCUT2D eigenvalue weighted by Crippen LogP contribution is 2.37. The minimum Gasteiger partial charge on any atom is -0.383 e. The normalized spacial score (nSPS) is 17.4. The summed E-state index contributed by atoms with van der Waals surface area (Å²) in [5.74, 6) is -0.0343. The van der Waals surface area contributed by atoms with Gasteiger partial charge in [0.2, 0.25) is 5.78 Å². The lowest BCUT2D eigenvalue weighted by Gasteiger charge is -2.10. The van der Waals surface area contributed by atoms with Crippen molar-refractivity contribution in [3.63, 3.8) is 0 Å². The van der Waals surface area contributed by atoms with E-state index in [0.717, 1.165) is 12.8 Å². The molecule has 0 aliphatic heterocycles. The maximum absolute atomic E-state index is 12.1. The summed E-state index contributed by atoms with van der Waals surface area (Å²) in [7, 11) is 1.62. The Hall–Kier alpha value is -0.720. The molecule has 0 atom stereocenters. The van der Waals surface area contributed by atoms with Gasteiger partial charge < -0.3 is 10.5 Å². The zero-order valence-electron chi connectivity index (χ0n) is 9.07. The summed E-state index contributed by atoms with van der Waals surface area (Å²) in [6.45, 7) is 1.07. The highest BCUT2D eigenvalue weighted by atomic mass is 79.9. The first-order valence-corrected chi connectivity index (χ1v) is 5.92. The minimum absolute atomic E-state index is 0.0343. The molecule has 1 aliphatic carbocycles. The van der Waals surface area contributed by atoms with Crippen LogP contribution in [0.3, 0.4) is 0 Å². The van der Waals surface area contributed by atoms with Crippen molar-refractivity contribution in [1.29, 1.82) is 0 Å². The molecule has 0 saturated heterocycles. The second kappa shape index (κ2) is 4.27. The van der Waals surface area contributed by atoms with Crippen LogP contribution in [-0.4, -0.2) is 34.8 Å². The predicted molar refractivity (Wildman–Crippen MR) is 62.3 cm³/mol. The number of methoxy groups -OCH3 is 1. The largest absolute Gasteiger partial charge is 0.383 e. The quantitative estimate of drug-likeness (QED) is 0.819. The molecule has 1 aromatic rings. The number of Topliss-reactive ketones (excluding diaryl/α,β-unsaturated/α-hetero) is 1. The smallest absolute Gasteiger partial charge is 0.201 e. The van der Waals surface area contributed by atoms with Gasteiger partial charge in [-0.25, -0.2) is 0 Å². The van der Waals surface area contributed by atoms with E-state index in [9.17, 15) is 4.79 Å². The summed E-state index contributed by atoms with van der Waals surface area (Å²) in [6.07, 6.45) is 3.14. The number of ether oxygens (including phenoxy) is 1. The number of hydrogen-bond donors (Lipinski definition) is 1. The van der Waals surface area contributed by atoms with Gasteiger partial charge in [-0.1, -0.05) is 0 Å². The first-order valence-electron chi connectivity index (χ1n) is 5.12. The number of hydrogen-bond acceptors (Lipinski definition) is 4. The summed E-state index contributed by atoms with van der Waals surface area (Å²) in [6, 6.07) is 0. The average molecular weight is 288 g/mol. The Morgan fingerprint density at radius 2 is 2.44 bits per heavy atom. The molecule has 1 aromatic heterocycles. The molecule has 1 saturated carbocycles. The molecular formula is C10H14BrN3O2. The van der Waals surface area contributed by atoms with Crippen LogP contribution in [0.4, 0.5) is 0 Å². The van der Waals surface area contributed by atoms with Crippen LogP contribution in [-0.2, 0) is 11.3 Å². The first kappa shape index (κ1) is 11.8. The van der Waals surface area contributed by atoms with Gasteiger partial charge in [-0.2, -0.15) is 5.10 Å². The van der Waals surface area contributed by atoms with Crippen molar-refractivity contribution in [2.24, 2.45) is 5.73 Å². The van der Waals surface area contributed by atoms with Gasteiger partial charge in [-0.05, 0) is 28.8 Å². The minimum atomic E-state index is -0.659. The van der Waals surface area contributed by atoms with Crippen LogP contribution in [0.5, 0.6) is 0 Å². The third kappa shape index (κ3) is 2.05. The fourth-order valence-electron chi connectivity index (χ4n) is 1.53. The van der Waals surface area contributed by atoms with Crippen LogP contribution in [0.2, 0.25) is 0 Å². The SMILES string of the molecule is COCCn1ncc(Br)c1C(=O)C1(N)CC1. The van der Waals surface area contributed by atoms with Gasteiger partial charge in [-0.3, -0.25) is 9.48 Å². The molecule has 1 fully saturated rings. The number of ketones is 1. The third-order valence-electron chi connectivity index (χ3n) is 2.76. The third-order valence-corrected chi connectivity index (χ3v) is 3.34. The van der Waals surface area contributed by atoms with Gasteiger partial charge in [-0.15, -0.1) is 0 Å². The molecule has 0 unspecified atom stereocenters. The highest BCUT2D eigenvalue weighted by molar-refractivity contribution is 9.10. The van der Waals surface area contributed by atoms with Crippen molar-refractivity contribution in [1.82, 2.24) is 9.78 Å². The summed E-state index contributed by atoms with van der Waals surface area (Å²) in [5.41, 5.74) is 5.80. The molecule has 6 heteroatoms. The maximum Gasteiger partial charge on any atom is 0.201 e. The van der Waals surface area contributed by atoms with E-state index in [0.29, 0.717) is 23.3 Å². The lowest BCUT2D eigenvalue weighted by molar-refractivity contribution is 0.0934. The van der Waals surface area contributed by atoms with Crippen LogP contribution in [0.1, 0.15) is 23.3 Å². The summed E-state index contributed by atoms with van der Waals surface area (Å²) in [4.78, 5) is 12.1. The van der Waals surface area contributed by atoms with Crippen LogP contribution in [0, 0.1) is 0 Å². The lowest BCUT2D eigenvalue weighted by atomic mass is 10.1. The Bertz CT molecular complexity index is 412. The molecule has 16 heavy (non-hydrogen) atoms. The molecule has 1 heterocycles. The summed E-state index contributed by atoms with van der Waals surface area (Å²) < 4.78 is 7.31. The number of halogens is 1. The molecule has 2 rings (SSSR count). The van der Waals surface area contributed by atoms with Crippen LogP contribution in [0.15, 0.2) is 10.7 Å². The first-order chi connectivity index (χ1) is 7.58. The molecule has 1 aliphatic rings. The second-order valence-electron chi connectivity index (χ2n) is 4.04. The zero-order chi connectivity index (χ0) is 11.8. The van der Waals surface area contributed by atoms with Gasteiger partial charge in [0.05, 0.1) is 29.4 Å². The Balaban J connectivity index is 2.24. The van der Waals surface area contributed by atoms with Crippen molar-refractivity contribution in [2.75, 3.05) is 13.7 Å². The van der Waals surface area contributed by atoms with Gasteiger partial charge in [0.1, 0.15) is 5.69 Å². The molecule has 5 nitrogen and oxygen atoms in total. The summed E-state index contributed by atoms with van der Waals surface area (Å²) >= 11 is 3.33. The van der Waals surface area contributed by atoms with E-state index in [1.54, 1.807) is 18.0 Å². The van der Waals surface area contributed by atoms with Crippen LogP contribution in [0.25, 0.3) is 0 Å². The Kier molecular flexibility index (Phi) is 3.14. The number of rotatable bonds is 5. The van der Waals surface area contributed by atoms with Gasteiger partial charge in [0.15, 0.2) is 0 Å². The van der Waals surface area contributed by atoms with E-state index in [4.69, 9.17) is 10.5 Å². The average Bonchev–Trinajstić information content (AvgIpc) is 2.90. The number of carbonyl (C=O) groups is 1. The molecule has 0 spiro atoms. The Labute approximate surface area is 102 Å². The Morgan fingerprint density at radius 3 is 3.00 bits per heavy atom. The maximum atomic E-state index is 12.1. The standard InChI is InChI=1S/C10H14BrN3O2/c1-16-5-4-14-8(7(11)6-13-14)9(15)10(12)2-3-10/h6H,2-5,12H2,1H3. The molecule has 2 N–H and O–H groups in total. The molecular weight excluding hydrogens is 274 g/mol. The predicted octanol–water partition coefficient (Wildman–Crippen LogP) is 0.966. The molecule has 0 bridgehead atoms. The van der Waals surface area contributed by atoms with Crippen molar-refractivity contribution >= 4 is 21.7 Å². The number of nitrogens with two attached hydrogens (primary N) is 1. The van der Waals surface area contributed by atoms with Crippen molar-refractivity contribution in [3.05, 3.63) is 16.4 Å². The van der Waals surface area contributed by atoms with E-state index >= 15 is 0 Å². The van der Waals surface area contributed by atoms with E-state index in [2.05, 4.69) is 21.0 Å². The summed E-state index contributed by atoms with van der Waals surface area (Å²) in [5, 5.41) is 4.13. The van der Waals surface area contributed by atoms with Gasteiger partial charge in [0, 0.05) is 7.11 Å². The number of nitrogens with zero attached hydrogens (tertiary/aromatic N) is 2. The van der Waals surface area contributed by atoms with Crippen molar-refractivity contribution < 1.29 is 9.53 Å². The fourth-order valence-corrected chi connectivity index (χ4v) is 2.01. The van der Waals surface area contributed by atoms with Crippen molar-refractivity contribution in [2.45, 2.75) is 24.9 Å². The van der Waals surface area contributed by atoms with E-state index in [-0.39, 0.29) is 5.78 Å². The van der Waals surface area contributed by atoms with E-state index in [1.807, 2.05) is 0 Å². The zero-order valence-corrected chi connectivity index (χ0v) is 10.7. The number of carbonyl (C=O) groups excluding carboxylic acids is 1. The van der Waals surface area contributed by atoms with Crippen molar-refractivity contribution in [3.8, 4) is 0 Å². The molecule has 88 valence electrons. The lowest BCUT2D eigenvalue weighted by Crippen LogP contribution is -2.34. The highest BCUT2D eigenvalue weighted by Gasteiger charge is 2.47. The monoisotopic (exact) mass is 287 g/mol. The molecule has 0 aromatic carbocycles. The van der Waals surface area contributed by atoms with E-state index in [1.165, 1.54) is 0 Å². The van der Waals surface area contributed by atoms with Gasteiger partial charge in [0.25, 0.3) is 0 Å². The Morgan fingerprint density at radius 1 is 1.75 bits per heavy atom. The molecule has 0 amide bonds.